The van der Waals surface area contributed by atoms with E-state index in [1.165, 1.54) is 62.2 Å². The van der Waals surface area contributed by atoms with Gasteiger partial charge >= 0.3 is 0 Å². The van der Waals surface area contributed by atoms with Gasteiger partial charge < -0.3 is 0 Å². The monoisotopic (exact) mass is 236 g/mol. The zero-order valence-corrected chi connectivity index (χ0v) is 12.4. The Morgan fingerprint density at radius 3 is 2.18 bits per heavy atom. The van der Waals surface area contributed by atoms with Crippen molar-refractivity contribution in [1.29, 1.82) is 0 Å². The second kappa shape index (κ2) is 5.76. The van der Waals surface area contributed by atoms with Crippen molar-refractivity contribution in [3.05, 3.63) is 0 Å². The van der Waals surface area contributed by atoms with Crippen molar-refractivity contribution in [3.63, 3.8) is 0 Å². The quantitative estimate of drug-likeness (QED) is 0.494. The summed E-state index contributed by atoms with van der Waals surface area (Å²) in [5.41, 5.74) is 0. The Kier molecular flexibility index (Phi) is 4.55. The molecule has 0 N–H and O–H groups in total. The van der Waals surface area contributed by atoms with Gasteiger partial charge in [-0.05, 0) is 48.3 Å². The summed E-state index contributed by atoms with van der Waals surface area (Å²) >= 11 is 0. The van der Waals surface area contributed by atoms with Crippen LogP contribution in [0.1, 0.15) is 72.6 Å². The molecular formula is C17H32. The van der Waals surface area contributed by atoms with Gasteiger partial charge in [0.15, 0.2) is 0 Å². The fraction of sp³-hybridized carbons (Fsp3) is 1.00. The van der Waals surface area contributed by atoms with Crippen molar-refractivity contribution in [2.24, 2.45) is 35.5 Å². The van der Waals surface area contributed by atoms with Gasteiger partial charge in [-0.1, -0.05) is 59.8 Å². The molecule has 2 saturated carbocycles. The smallest absolute Gasteiger partial charge is 0.0318 e. The van der Waals surface area contributed by atoms with Gasteiger partial charge in [0.05, 0.1) is 0 Å². The van der Waals surface area contributed by atoms with Crippen LogP contribution in [-0.4, -0.2) is 0 Å². The first-order valence-corrected chi connectivity index (χ1v) is 8.19. The van der Waals surface area contributed by atoms with Crippen molar-refractivity contribution < 1.29 is 0 Å². The molecule has 6 atom stereocenters. The summed E-state index contributed by atoms with van der Waals surface area (Å²) in [6.45, 7) is 9.51. The number of fused-ring (bicyclic) bond motifs is 1. The Bertz CT molecular complexity index is 222. The van der Waals surface area contributed by atoms with Crippen LogP contribution >= 0.6 is 0 Å². The fourth-order valence-corrected chi connectivity index (χ4v) is 4.02. The zero-order chi connectivity index (χ0) is 12.4. The highest BCUT2D eigenvalue weighted by Gasteiger charge is 2.71. The molecule has 2 rings (SSSR count). The van der Waals surface area contributed by atoms with Crippen molar-refractivity contribution in [1.82, 2.24) is 0 Å². The largest absolute Gasteiger partial charge is 0.0654 e. The van der Waals surface area contributed by atoms with Crippen LogP contribution in [0.15, 0.2) is 0 Å². The minimum Gasteiger partial charge on any atom is -0.0654 e. The maximum atomic E-state index is 2.43. The van der Waals surface area contributed by atoms with Crippen molar-refractivity contribution in [2.45, 2.75) is 72.6 Å². The third-order valence-electron chi connectivity index (χ3n) is 5.53. The number of hydrogen-bond acceptors (Lipinski definition) is 0. The maximum absolute atomic E-state index is 2.43. The first-order valence-electron chi connectivity index (χ1n) is 8.19. The molecule has 0 heteroatoms. The molecule has 0 aromatic heterocycles. The van der Waals surface area contributed by atoms with Gasteiger partial charge in [-0.3, -0.25) is 0 Å². The Morgan fingerprint density at radius 2 is 1.59 bits per heavy atom. The van der Waals surface area contributed by atoms with Gasteiger partial charge in [-0.2, -0.15) is 0 Å². The molecule has 0 aliphatic heterocycles. The molecule has 0 bridgehead atoms. The van der Waals surface area contributed by atoms with Crippen LogP contribution in [0.4, 0.5) is 0 Å². The molecule has 0 radical (unpaired) electrons. The van der Waals surface area contributed by atoms with E-state index in [0.29, 0.717) is 0 Å². The van der Waals surface area contributed by atoms with Crippen LogP contribution in [0.25, 0.3) is 0 Å². The van der Waals surface area contributed by atoms with Gasteiger partial charge in [0.1, 0.15) is 0 Å². The molecule has 0 spiro atoms. The Balaban J connectivity index is 1.47. The molecule has 100 valence electrons. The Morgan fingerprint density at radius 1 is 0.882 bits per heavy atom. The topological polar surface area (TPSA) is 0 Å². The highest BCUT2D eigenvalue weighted by Crippen LogP contribution is 2.76. The van der Waals surface area contributed by atoms with Crippen LogP contribution in [0.5, 0.6) is 0 Å². The van der Waals surface area contributed by atoms with Crippen molar-refractivity contribution in [3.8, 4) is 0 Å². The third-order valence-corrected chi connectivity index (χ3v) is 5.53. The number of rotatable bonds is 9. The van der Waals surface area contributed by atoms with E-state index < -0.39 is 0 Å². The maximum Gasteiger partial charge on any atom is -0.0318 e. The van der Waals surface area contributed by atoms with Crippen LogP contribution in [0, 0.1) is 35.5 Å². The predicted molar refractivity (Wildman–Crippen MR) is 76.0 cm³/mol. The normalized spacial score (nSPS) is 37.4. The van der Waals surface area contributed by atoms with Crippen molar-refractivity contribution >= 4 is 0 Å². The van der Waals surface area contributed by atoms with E-state index in [1.807, 2.05) is 0 Å². The predicted octanol–water partition coefficient (Wildman–Crippen LogP) is 5.52. The lowest BCUT2D eigenvalue weighted by Gasteiger charge is -2.16. The molecule has 0 saturated heterocycles. The molecule has 0 aromatic rings. The van der Waals surface area contributed by atoms with E-state index in [-0.39, 0.29) is 0 Å². The van der Waals surface area contributed by atoms with Crippen LogP contribution in [0.3, 0.4) is 0 Å². The van der Waals surface area contributed by atoms with Crippen LogP contribution in [-0.2, 0) is 0 Å². The minimum absolute atomic E-state index is 0.978. The first kappa shape index (κ1) is 13.4. The Labute approximate surface area is 109 Å². The molecular weight excluding hydrogens is 204 g/mol. The molecule has 2 aliphatic carbocycles. The molecule has 2 unspecified atom stereocenters. The highest BCUT2D eigenvalue weighted by molar-refractivity contribution is 5.18. The lowest BCUT2D eigenvalue weighted by molar-refractivity contribution is 0.349. The lowest BCUT2D eigenvalue weighted by Crippen LogP contribution is -2.06. The van der Waals surface area contributed by atoms with Gasteiger partial charge in [-0.15, -0.1) is 0 Å². The van der Waals surface area contributed by atoms with Crippen LogP contribution < -0.4 is 0 Å². The third kappa shape index (κ3) is 3.26. The van der Waals surface area contributed by atoms with E-state index >= 15 is 0 Å². The van der Waals surface area contributed by atoms with Gasteiger partial charge in [0, 0.05) is 0 Å². The molecule has 0 aromatic carbocycles. The fourth-order valence-electron chi connectivity index (χ4n) is 4.02. The molecule has 17 heavy (non-hydrogen) atoms. The zero-order valence-electron chi connectivity index (χ0n) is 12.4. The second-order valence-corrected chi connectivity index (χ2v) is 7.06. The molecule has 0 amide bonds. The summed E-state index contributed by atoms with van der Waals surface area (Å²) in [6, 6.07) is 0. The second-order valence-electron chi connectivity index (χ2n) is 7.06. The first-order chi connectivity index (χ1) is 8.19. The molecule has 0 nitrogen and oxygen atoms in total. The molecule has 0 heterocycles. The summed E-state index contributed by atoms with van der Waals surface area (Å²) in [7, 11) is 0. The average Bonchev–Trinajstić information content (AvgIpc) is 3.18. The lowest BCUT2D eigenvalue weighted by atomic mass is 9.90. The van der Waals surface area contributed by atoms with Gasteiger partial charge in [-0.25, -0.2) is 0 Å². The van der Waals surface area contributed by atoms with Crippen molar-refractivity contribution in [2.75, 3.05) is 0 Å². The minimum atomic E-state index is 0.978. The SMILES string of the molecule is CCC[C@H](C)CCCC1[C@@H]2C(C[C@@H](C)CC)[C@H]12. The number of hydrogen-bond donors (Lipinski definition) is 0. The van der Waals surface area contributed by atoms with E-state index in [9.17, 15) is 0 Å². The van der Waals surface area contributed by atoms with Gasteiger partial charge in [0.25, 0.3) is 0 Å². The standard InChI is InChI=1S/C17H32/c1-5-8-13(4)9-7-10-14-16-15(17(14)16)11-12(3)6-2/h12-17H,5-11H2,1-4H3/t12-,13-,14?,15?,16-,17+/m0/s1. The van der Waals surface area contributed by atoms with E-state index in [4.69, 9.17) is 0 Å². The van der Waals surface area contributed by atoms with Gasteiger partial charge in [0.2, 0.25) is 0 Å². The summed E-state index contributed by atoms with van der Waals surface area (Å²) in [6.07, 6.45) is 10.3. The van der Waals surface area contributed by atoms with E-state index in [0.717, 1.165) is 11.8 Å². The summed E-state index contributed by atoms with van der Waals surface area (Å²) in [5.74, 6) is 6.71. The summed E-state index contributed by atoms with van der Waals surface area (Å²) < 4.78 is 0. The summed E-state index contributed by atoms with van der Waals surface area (Å²) in [5, 5.41) is 0. The average molecular weight is 236 g/mol. The van der Waals surface area contributed by atoms with E-state index in [2.05, 4.69) is 27.7 Å². The Hall–Kier alpha value is 0. The van der Waals surface area contributed by atoms with E-state index in [1.54, 1.807) is 6.42 Å². The molecule has 2 aliphatic rings. The highest BCUT2D eigenvalue weighted by atomic mass is 14.8. The molecule has 2 fully saturated rings. The van der Waals surface area contributed by atoms with Crippen LogP contribution in [0.2, 0.25) is 0 Å². The summed E-state index contributed by atoms with van der Waals surface area (Å²) in [4.78, 5) is 0.